The summed E-state index contributed by atoms with van der Waals surface area (Å²) in [6, 6.07) is 0.774. The third kappa shape index (κ3) is 5.32. The van der Waals surface area contributed by atoms with Gasteiger partial charge in [-0.25, -0.2) is 0 Å². The number of nitrogens with one attached hydrogen (secondary N) is 2. The first kappa shape index (κ1) is 15.1. The number of likely N-dealkylation sites (tertiary alicyclic amines) is 1. The van der Waals surface area contributed by atoms with Crippen molar-refractivity contribution in [3.8, 4) is 0 Å². The van der Waals surface area contributed by atoms with Crippen LogP contribution >= 0.6 is 11.8 Å². The first-order chi connectivity index (χ1) is 9.28. The van der Waals surface area contributed by atoms with Crippen LogP contribution in [0.3, 0.4) is 0 Å². The summed E-state index contributed by atoms with van der Waals surface area (Å²) in [6.07, 6.45) is 4.08. The van der Waals surface area contributed by atoms with Gasteiger partial charge < -0.3 is 15.5 Å². The number of carbonyl (C=O) groups excluding carboxylic acids is 1. The van der Waals surface area contributed by atoms with Gasteiger partial charge in [0, 0.05) is 49.6 Å². The largest absolute Gasteiger partial charge is 0.353 e. The van der Waals surface area contributed by atoms with Crippen LogP contribution in [0.4, 0.5) is 0 Å². The van der Waals surface area contributed by atoms with Crippen LogP contribution in [0.2, 0.25) is 0 Å². The number of hydrogen-bond acceptors (Lipinski definition) is 4. The molecule has 1 atom stereocenters. The second-order valence-electron chi connectivity index (χ2n) is 5.61. The molecule has 1 amide bonds. The Morgan fingerprint density at radius 3 is 2.84 bits per heavy atom. The lowest BCUT2D eigenvalue weighted by Crippen LogP contribution is -2.47. The maximum atomic E-state index is 12.0. The monoisotopic (exact) mass is 285 g/mol. The molecular weight excluding hydrogens is 258 g/mol. The predicted octanol–water partition coefficient (Wildman–Crippen LogP) is 1.07. The Hall–Kier alpha value is -0.260. The van der Waals surface area contributed by atoms with Gasteiger partial charge in [0.2, 0.25) is 5.91 Å². The molecule has 4 nitrogen and oxygen atoms in total. The lowest BCUT2D eigenvalue weighted by molar-refractivity contribution is -0.122. The highest BCUT2D eigenvalue weighted by Gasteiger charge is 2.22. The molecule has 0 aromatic carbocycles. The van der Waals surface area contributed by atoms with Crippen molar-refractivity contribution in [1.29, 1.82) is 0 Å². The van der Waals surface area contributed by atoms with Crippen molar-refractivity contribution < 1.29 is 4.79 Å². The van der Waals surface area contributed by atoms with Gasteiger partial charge in [-0.1, -0.05) is 6.92 Å². The number of carbonyl (C=O) groups is 1. The van der Waals surface area contributed by atoms with Gasteiger partial charge in [-0.3, -0.25) is 4.79 Å². The molecule has 110 valence electrons. The average Bonchev–Trinajstić information content (AvgIpc) is 2.42. The smallest absolute Gasteiger partial charge is 0.221 e. The molecule has 0 saturated carbocycles. The van der Waals surface area contributed by atoms with Crippen LogP contribution in [0.5, 0.6) is 0 Å². The van der Waals surface area contributed by atoms with Crippen LogP contribution in [0.15, 0.2) is 0 Å². The molecule has 5 heteroatoms. The summed E-state index contributed by atoms with van der Waals surface area (Å²) in [5.41, 5.74) is 0. The van der Waals surface area contributed by atoms with Gasteiger partial charge in [-0.15, -0.1) is 0 Å². The van der Waals surface area contributed by atoms with Gasteiger partial charge in [0.15, 0.2) is 0 Å². The minimum Gasteiger partial charge on any atom is -0.353 e. The maximum Gasteiger partial charge on any atom is 0.221 e. The van der Waals surface area contributed by atoms with Crippen LogP contribution in [0.1, 0.15) is 32.6 Å². The SMILES string of the molecule is CCCN1CCC(NC(=O)CC2CSCCN2)CC1. The molecule has 0 spiro atoms. The minimum atomic E-state index is 0.231. The van der Waals surface area contributed by atoms with Gasteiger partial charge in [0.25, 0.3) is 0 Å². The van der Waals surface area contributed by atoms with Crippen LogP contribution in [-0.4, -0.2) is 60.6 Å². The molecule has 0 aromatic rings. The van der Waals surface area contributed by atoms with Crippen LogP contribution in [-0.2, 0) is 4.79 Å². The first-order valence-electron chi connectivity index (χ1n) is 7.60. The number of piperidine rings is 1. The minimum absolute atomic E-state index is 0.231. The summed E-state index contributed by atoms with van der Waals surface area (Å²) in [6.45, 7) is 6.73. The van der Waals surface area contributed by atoms with Crippen molar-refractivity contribution in [2.24, 2.45) is 0 Å². The third-order valence-electron chi connectivity index (χ3n) is 3.92. The summed E-state index contributed by atoms with van der Waals surface area (Å²) in [7, 11) is 0. The molecule has 2 heterocycles. The van der Waals surface area contributed by atoms with E-state index in [0.29, 0.717) is 18.5 Å². The highest BCUT2D eigenvalue weighted by Crippen LogP contribution is 2.13. The molecule has 2 aliphatic heterocycles. The van der Waals surface area contributed by atoms with Gasteiger partial charge >= 0.3 is 0 Å². The summed E-state index contributed by atoms with van der Waals surface area (Å²) < 4.78 is 0. The lowest BCUT2D eigenvalue weighted by Gasteiger charge is -2.32. The molecule has 2 N–H and O–H groups in total. The maximum absolute atomic E-state index is 12.0. The Balaban J connectivity index is 1.63. The van der Waals surface area contributed by atoms with Crippen LogP contribution in [0, 0.1) is 0 Å². The summed E-state index contributed by atoms with van der Waals surface area (Å²) in [4.78, 5) is 14.5. The van der Waals surface area contributed by atoms with E-state index >= 15 is 0 Å². The van der Waals surface area contributed by atoms with Gasteiger partial charge in [-0.05, 0) is 25.8 Å². The zero-order valence-electron chi connectivity index (χ0n) is 12.0. The number of thioether (sulfide) groups is 1. The molecule has 2 fully saturated rings. The first-order valence-corrected chi connectivity index (χ1v) is 8.76. The number of amides is 1. The van der Waals surface area contributed by atoms with E-state index in [9.17, 15) is 4.79 Å². The van der Waals surface area contributed by atoms with Gasteiger partial charge in [-0.2, -0.15) is 11.8 Å². The standard InChI is InChI=1S/C14H27N3OS/c1-2-6-17-7-3-12(4-8-17)16-14(18)10-13-11-19-9-5-15-13/h12-13,15H,2-11H2,1H3,(H,16,18). The zero-order chi connectivity index (χ0) is 13.5. The fraction of sp³-hybridized carbons (Fsp3) is 0.929. The van der Waals surface area contributed by atoms with Crippen molar-refractivity contribution in [3.63, 3.8) is 0 Å². The predicted molar refractivity (Wildman–Crippen MR) is 81.6 cm³/mol. The molecule has 0 aromatic heterocycles. The summed E-state index contributed by atoms with van der Waals surface area (Å²) in [5.74, 6) is 2.48. The van der Waals surface area contributed by atoms with E-state index in [1.54, 1.807) is 0 Å². The number of nitrogens with zero attached hydrogens (tertiary/aromatic N) is 1. The van der Waals surface area contributed by atoms with E-state index in [1.807, 2.05) is 11.8 Å². The Morgan fingerprint density at radius 1 is 1.42 bits per heavy atom. The van der Waals surface area contributed by atoms with E-state index < -0.39 is 0 Å². The second kappa shape index (κ2) is 8.12. The van der Waals surface area contributed by atoms with E-state index in [0.717, 1.165) is 38.2 Å². The second-order valence-corrected chi connectivity index (χ2v) is 6.76. The number of hydrogen-bond donors (Lipinski definition) is 2. The molecule has 2 aliphatic rings. The van der Waals surface area contributed by atoms with Crippen molar-refractivity contribution in [2.45, 2.75) is 44.7 Å². The third-order valence-corrected chi connectivity index (χ3v) is 5.05. The fourth-order valence-corrected chi connectivity index (χ4v) is 3.83. The van der Waals surface area contributed by atoms with Gasteiger partial charge in [0.1, 0.15) is 0 Å². The zero-order valence-corrected chi connectivity index (χ0v) is 12.8. The highest BCUT2D eigenvalue weighted by molar-refractivity contribution is 7.99. The summed E-state index contributed by atoms with van der Waals surface area (Å²) >= 11 is 1.95. The van der Waals surface area contributed by atoms with Crippen molar-refractivity contribution in [3.05, 3.63) is 0 Å². The molecular formula is C14H27N3OS. The Kier molecular flexibility index (Phi) is 6.47. The van der Waals surface area contributed by atoms with Crippen LogP contribution in [0.25, 0.3) is 0 Å². The Bertz CT molecular complexity index is 274. The molecule has 1 unspecified atom stereocenters. The average molecular weight is 285 g/mol. The molecule has 0 aliphatic carbocycles. The fourth-order valence-electron chi connectivity index (χ4n) is 2.88. The quantitative estimate of drug-likeness (QED) is 0.793. The summed E-state index contributed by atoms with van der Waals surface area (Å²) in [5, 5.41) is 6.64. The van der Waals surface area contributed by atoms with E-state index in [4.69, 9.17) is 0 Å². The molecule has 0 bridgehead atoms. The lowest BCUT2D eigenvalue weighted by atomic mass is 10.0. The van der Waals surface area contributed by atoms with Crippen molar-refractivity contribution in [1.82, 2.24) is 15.5 Å². The van der Waals surface area contributed by atoms with Crippen molar-refractivity contribution in [2.75, 3.05) is 37.7 Å². The van der Waals surface area contributed by atoms with Crippen molar-refractivity contribution >= 4 is 17.7 Å². The Morgan fingerprint density at radius 2 is 2.21 bits per heavy atom. The van der Waals surface area contributed by atoms with Crippen LogP contribution < -0.4 is 10.6 Å². The normalized spacial score (nSPS) is 26.3. The Labute approximate surface area is 121 Å². The highest BCUT2D eigenvalue weighted by atomic mass is 32.2. The topological polar surface area (TPSA) is 44.4 Å². The molecule has 2 rings (SSSR count). The molecule has 0 radical (unpaired) electrons. The number of rotatable bonds is 5. The van der Waals surface area contributed by atoms with E-state index in [1.165, 1.54) is 18.7 Å². The van der Waals surface area contributed by atoms with E-state index in [2.05, 4.69) is 22.5 Å². The van der Waals surface area contributed by atoms with Gasteiger partial charge in [0.05, 0.1) is 0 Å². The van der Waals surface area contributed by atoms with E-state index in [-0.39, 0.29) is 5.91 Å². The molecule has 19 heavy (non-hydrogen) atoms. The molecule has 2 saturated heterocycles.